The lowest BCUT2D eigenvalue weighted by atomic mass is 9.95. The average molecular weight is 332 g/mol. The molecule has 0 aliphatic rings. The van der Waals surface area contributed by atoms with Crippen LogP contribution in [0.3, 0.4) is 0 Å². The molecule has 0 saturated carbocycles. The molecule has 0 bridgehead atoms. The first-order valence-electron chi connectivity index (χ1n) is 4.99. The Morgan fingerprint density at radius 1 is 1.31 bits per heavy atom. The van der Waals surface area contributed by atoms with E-state index in [9.17, 15) is 9.59 Å². The number of rotatable bonds is 4. The van der Waals surface area contributed by atoms with E-state index < -0.39 is 0 Å². The third-order valence-electron chi connectivity index (χ3n) is 2.23. The summed E-state index contributed by atoms with van der Waals surface area (Å²) in [6.07, 6.45) is 0.136. The molecule has 1 aromatic carbocycles. The fourth-order valence-corrected chi connectivity index (χ4v) is 1.56. The highest BCUT2D eigenvalue weighted by Gasteiger charge is 2.16. The molecule has 0 amide bonds. The number of hydrogen-bond acceptors (Lipinski definition) is 3. The monoisotopic (exact) mass is 332 g/mol. The van der Waals surface area contributed by atoms with Gasteiger partial charge in [-0.2, -0.15) is 0 Å². The first-order valence-corrected chi connectivity index (χ1v) is 5.88. The molecule has 0 aromatic heterocycles. The van der Waals surface area contributed by atoms with Crippen molar-refractivity contribution in [1.29, 1.82) is 0 Å². The molecule has 0 fully saturated rings. The summed E-state index contributed by atoms with van der Waals surface area (Å²) < 4.78 is 4.57. The Balaban J connectivity index is 3.00. The summed E-state index contributed by atoms with van der Waals surface area (Å²) in [4.78, 5) is 23.1. The van der Waals surface area contributed by atoms with Crippen molar-refractivity contribution < 1.29 is 12.7 Å². The minimum atomic E-state index is -0.343. The SMILES string of the molecule is CC(C)C(=O)c1ccccc1CC(=O)OI. The number of halogens is 1. The smallest absolute Gasteiger partial charge is 0.319 e. The largest absolute Gasteiger partial charge is 0.394 e. The van der Waals surface area contributed by atoms with E-state index in [4.69, 9.17) is 0 Å². The predicted octanol–water partition coefficient (Wildman–Crippen LogP) is 2.96. The molecular weight excluding hydrogens is 319 g/mol. The summed E-state index contributed by atoms with van der Waals surface area (Å²) in [7, 11) is 0. The zero-order valence-electron chi connectivity index (χ0n) is 9.20. The lowest BCUT2D eigenvalue weighted by Crippen LogP contribution is -2.12. The molecule has 0 saturated heterocycles. The molecule has 0 aliphatic carbocycles. The van der Waals surface area contributed by atoms with Crippen LogP contribution < -0.4 is 0 Å². The van der Waals surface area contributed by atoms with Gasteiger partial charge in [-0.1, -0.05) is 38.1 Å². The second-order valence-electron chi connectivity index (χ2n) is 3.80. The van der Waals surface area contributed by atoms with Crippen molar-refractivity contribution in [3.63, 3.8) is 0 Å². The van der Waals surface area contributed by atoms with Crippen LogP contribution >= 0.6 is 23.0 Å². The van der Waals surface area contributed by atoms with Crippen molar-refractivity contribution in [3.8, 4) is 0 Å². The lowest BCUT2D eigenvalue weighted by molar-refractivity contribution is -0.130. The highest BCUT2D eigenvalue weighted by molar-refractivity contribution is 14.1. The Labute approximate surface area is 109 Å². The fraction of sp³-hybridized carbons (Fsp3) is 0.333. The van der Waals surface area contributed by atoms with Gasteiger partial charge in [0, 0.05) is 11.5 Å². The maximum Gasteiger partial charge on any atom is 0.319 e. The van der Waals surface area contributed by atoms with E-state index in [1.54, 1.807) is 41.2 Å². The predicted molar refractivity (Wildman–Crippen MR) is 69.4 cm³/mol. The van der Waals surface area contributed by atoms with Gasteiger partial charge in [0.1, 0.15) is 0 Å². The zero-order valence-corrected chi connectivity index (χ0v) is 11.4. The number of carbonyl (C=O) groups excluding carboxylic acids is 2. The molecule has 1 rings (SSSR count). The number of carbonyl (C=O) groups is 2. The van der Waals surface area contributed by atoms with Crippen LogP contribution in [-0.4, -0.2) is 11.8 Å². The van der Waals surface area contributed by atoms with E-state index in [-0.39, 0.29) is 24.1 Å². The standard InChI is InChI=1S/C12H13IO3/c1-8(2)12(15)10-6-4-3-5-9(10)7-11(14)16-13/h3-6,8H,7H2,1-2H3. The highest BCUT2D eigenvalue weighted by atomic mass is 127. The van der Waals surface area contributed by atoms with Crippen LogP contribution in [0.15, 0.2) is 24.3 Å². The Morgan fingerprint density at radius 3 is 2.50 bits per heavy atom. The average Bonchev–Trinajstić information content (AvgIpc) is 2.28. The van der Waals surface area contributed by atoms with Gasteiger partial charge >= 0.3 is 5.97 Å². The molecule has 0 spiro atoms. The second-order valence-corrected chi connectivity index (χ2v) is 4.24. The molecule has 0 radical (unpaired) electrons. The van der Waals surface area contributed by atoms with E-state index in [2.05, 4.69) is 3.07 Å². The van der Waals surface area contributed by atoms with Gasteiger partial charge < -0.3 is 3.07 Å². The van der Waals surface area contributed by atoms with Crippen molar-refractivity contribution in [2.45, 2.75) is 20.3 Å². The number of hydrogen-bond donors (Lipinski definition) is 0. The van der Waals surface area contributed by atoms with Crippen LogP contribution in [0, 0.1) is 5.92 Å². The van der Waals surface area contributed by atoms with E-state index in [1.807, 2.05) is 19.9 Å². The Kier molecular flexibility index (Phi) is 4.92. The van der Waals surface area contributed by atoms with Gasteiger partial charge in [-0.05, 0) is 5.56 Å². The number of benzene rings is 1. The van der Waals surface area contributed by atoms with Crippen molar-refractivity contribution in [1.82, 2.24) is 0 Å². The number of Topliss-reactive ketones (excluding diaryl/α,β-unsaturated/α-hetero) is 1. The van der Waals surface area contributed by atoms with Crippen LogP contribution in [0.1, 0.15) is 29.8 Å². The summed E-state index contributed by atoms with van der Waals surface area (Å²) in [5, 5.41) is 0. The minimum absolute atomic E-state index is 0.0526. The van der Waals surface area contributed by atoms with E-state index in [1.165, 1.54) is 0 Å². The van der Waals surface area contributed by atoms with Gasteiger partial charge in [0.25, 0.3) is 0 Å². The highest BCUT2D eigenvalue weighted by Crippen LogP contribution is 2.15. The summed E-state index contributed by atoms with van der Waals surface area (Å²) in [6, 6.07) is 7.14. The van der Waals surface area contributed by atoms with Gasteiger partial charge in [-0.15, -0.1) is 0 Å². The van der Waals surface area contributed by atoms with E-state index >= 15 is 0 Å². The molecule has 4 heteroatoms. The summed E-state index contributed by atoms with van der Waals surface area (Å²) >= 11 is 1.55. The van der Waals surface area contributed by atoms with Crippen LogP contribution in [0.25, 0.3) is 0 Å². The third kappa shape index (κ3) is 3.30. The number of ketones is 1. The van der Waals surface area contributed by atoms with Crippen molar-refractivity contribution >= 4 is 34.8 Å². The summed E-state index contributed by atoms with van der Waals surface area (Å²) in [5.41, 5.74) is 1.34. The van der Waals surface area contributed by atoms with Gasteiger partial charge in [-0.3, -0.25) is 9.59 Å². The Hall–Kier alpha value is -0.910. The van der Waals surface area contributed by atoms with Crippen molar-refractivity contribution in [2.75, 3.05) is 0 Å². The molecule has 86 valence electrons. The topological polar surface area (TPSA) is 43.4 Å². The van der Waals surface area contributed by atoms with Crippen LogP contribution in [-0.2, 0) is 14.3 Å². The van der Waals surface area contributed by atoms with Gasteiger partial charge in [0.05, 0.1) is 6.42 Å². The molecule has 0 unspecified atom stereocenters. The Bertz CT molecular complexity index is 399. The molecule has 3 nitrogen and oxygen atoms in total. The molecule has 16 heavy (non-hydrogen) atoms. The van der Waals surface area contributed by atoms with Crippen LogP contribution in [0.2, 0.25) is 0 Å². The molecule has 0 atom stereocenters. The second kappa shape index (κ2) is 5.98. The maximum atomic E-state index is 11.9. The Morgan fingerprint density at radius 2 is 1.94 bits per heavy atom. The summed E-state index contributed by atoms with van der Waals surface area (Å²) in [6.45, 7) is 3.69. The van der Waals surface area contributed by atoms with Gasteiger partial charge in [0.2, 0.25) is 0 Å². The molecular formula is C12H13IO3. The van der Waals surface area contributed by atoms with E-state index in [0.717, 1.165) is 5.56 Å². The molecule has 1 aromatic rings. The molecule has 0 N–H and O–H groups in total. The van der Waals surface area contributed by atoms with Crippen molar-refractivity contribution in [2.24, 2.45) is 5.92 Å². The summed E-state index contributed by atoms with van der Waals surface area (Å²) in [5.74, 6) is -0.363. The lowest BCUT2D eigenvalue weighted by Gasteiger charge is -2.09. The van der Waals surface area contributed by atoms with E-state index in [0.29, 0.717) is 5.56 Å². The fourth-order valence-electron chi connectivity index (χ4n) is 1.41. The van der Waals surface area contributed by atoms with Crippen LogP contribution in [0.4, 0.5) is 0 Å². The third-order valence-corrected chi connectivity index (χ3v) is 2.72. The van der Waals surface area contributed by atoms with Crippen LogP contribution in [0.5, 0.6) is 0 Å². The normalized spacial score (nSPS) is 10.2. The first kappa shape index (κ1) is 13.2. The van der Waals surface area contributed by atoms with Gasteiger partial charge in [-0.25, -0.2) is 0 Å². The first-order chi connectivity index (χ1) is 7.56. The molecule has 0 heterocycles. The van der Waals surface area contributed by atoms with Gasteiger partial charge in [0.15, 0.2) is 28.8 Å². The quantitative estimate of drug-likeness (QED) is 0.629. The minimum Gasteiger partial charge on any atom is -0.394 e. The maximum absolute atomic E-state index is 11.9. The zero-order chi connectivity index (χ0) is 12.1. The molecule has 0 aliphatic heterocycles. The van der Waals surface area contributed by atoms with Crippen molar-refractivity contribution in [3.05, 3.63) is 35.4 Å².